The van der Waals surface area contributed by atoms with Gasteiger partial charge in [0, 0.05) is 38.3 Å². The average Bonchev–Trinajstić information content (AvgIpc) is 2.90. The molecule has 1 aromatic rings. The number of hydrogen-bond acceptors (Lipinski definition) is 4. The molecule has 1 atom stereocenters. The highest BCUT2D eigenvalue weighted by atomic mass is 35.5. The lowest BCUT2D eigenvalue weighted by Gasteiger charge is -2.30. The van der Waals surface area contributed by atoms with E-state index in [1.807, 2.05) is 6.07 Å². The molecule has 1 amide bonds. The Labute approximate surface area is 143 Å². The van der Waals surface area contributed by atoms with Crippen LogP contribution in [0, 0.1) is 0 Å². The van der Waals surface area contributed by atoms with E-state index in [0.29, 0.717) is 19.6 Å². The van der Waals surface area contributed by atoms with E-state index in [-0.39, 0.29) is 29.3 Å². The molecule has 0 aromatic heterocycles. The lowest BCUT2D eigenvalue weighted by molar-refractivity contribution is -0.116. The van der Waals surface area contributed by atoms with Crippen LogP contribution in [0.25, 0.3) is 0 Å². The fraction of sp³-hybridized carbons (Fsp3) is 0.533. The topological polar surface area (TPSA) is 83.7 Å². The molecule has 128 valence electrons. The quantitative estimate of drug-likeness (QED) is 0.857. The van der Waals surface area contributed by atoms with Crippen LogP contribution in [0.4, 0.5) is 5.69 Å². The first-order valence-corrected chi connectivity index (χ1v) is 9.00. The second kappa shape index (κ2) is 6.76. The largest absolute Gasteiger partial charge is 0.327 e. The third-order valence-corrected chi connectivity index (χ3v) is 6.25. The molecule has 0 radical (unpaired) electrons. The first-order valence-electron chi connectivity index (χ1n) is 7.56. The van der Waals surface area contributed by atoms with Crippen molar-refractivity contribution in [3.8, 4) is 0 Å². The number of carbonyl (C=O) groups is 1. The van der Waals surface area contributed by atoms with Crippen LogP contribution in [0.1, 0.15) is 25.3 Å². The molecule has 1 saturated heterocycles. The predicted molar refractivity (Wildman–Crippen MR) is 91.4 cm³/mol. The summed E-state index contributed by atoms with van der Waals surface area (Å²) in [6, 6.07) is 4.97. The van der Waals surface area contributed by atoms with E-state index in [4.69, 9.17) is 5.73 Å². The van der Waals surface area contributed by atoms with Crippen molar-refractivity contribution in [1.82, 2.24) is 4.31 Å². The zero-order chi connectivity index (χ0) is 15.9. The molecule has 8 heteroatoms. The van der Waals surface area contributed by atoms with Crippen molar-refractivity contribution in [2.45, 2.75) is 37.1 Å². The van der Waals surface area contributed by atoms with Crippen molar-refractivity contribution in [1.29, 1.82) is 0 Å². The summed E-state index contributed by atoms with van der Waals surface area (Å²) in [5.41, 5.74) is 7.63. The van der Waals surface area contributed by atoms with Gasteiger partial charge in [0.15, 0.2) is 0 Å². The van der Waals surface area contributed by atoms with Crippen molar-refractivity contribution >= 4 is 34.0 Å². The minimum Gasteiger partial charge on any atom is -0.327 e. The first kappa shape index (κ1) is 18.2. The maximum atomic E-state index is 12.8. The van der Waals surface area contributed by atoms with Crippen LogP contribution in [0.15, 0.2) is 23.1 Å². The molecule has 2 aliphatic rings. The van der Waals surface area contributed by atoms with E-state index >= 15 is 0 Å². The second-order valence-electron chi connectivity index (χ2n) is 5.98. The Balaban J connectivity index is 0.00000192. The number of nitrogens with two attached hydrogens (primary N) is 1. The zero-order valence-electron chi connectivity index (χ0n) is 13.1. The van der Waals surface area contributed by atoms with E-state index in [0.717, 1.165) is 30.5 Å². The number of rotatable bonds is 2. The van der Waals surface area contributed by atoms with E-state index in [2.05, 4.69) is 0 Å². The molecule has 0 aliphatic carbocycles. The molecule has 3 rings (SSSR count). The fourth-order valence-corrected chi connectivity index (χ4v) is 4.74. The fourth-order valence-electron chi connectivity index (χ4n) is 3.19. The number of piperidine rings is 1. The number of carbonyl (C=O) groups excluding carboxylic acids is 1. The molecule has 0 bridgehead atoms. The summed E-state index contributed by atoms with van der Waals surface area (Å²) < 4.78 is 27.0. The monoisotopic (exact) mass is 359 g/mol. The van der Waals surface area contributed by atoms with Crippen LogP contribution < -0.4 is 10.6 Å². The van der Waals surface area contributed by atoms with Crippen molar-refractivity contribution in [2.24, 2.45) is 5.73 Å². The Bertz CT molecular complexity index is 708. The number of nitrogens with zero attached hydrogens (tertiary/aromatic N) is 2. The SMILES string of the molecule is CC(=O)N1CCc2ccc(S(=O)(=O)N3CCCC(N)C3)cc21.Cl. The Hall–Kier alpha value is -1.15. The van der Waals surface area contributed by atoms with Gasteiger partial charge in [-0.3, -0.25) is 4.79 Å². The molecule has 2 aliphatic heterocycles. The van der Waals surface area contributed by atoms with Crippen LogP contribution in [0.2, 0.25) is 0 Å². The number of anilines is 1. The van der Waals surface area contributed by atoms with Gasteiger partial charge in [0.25, 0.3) is 0 Å². The van der Waals surface area contributed by atoms with Crippen molar-refractivity contribution in [3.63, 3.8) is 0 Å². The van der Waals surface area contributed by atoms with E-state index in [1.165, 1.54) is 11.2 Å². The second-order valence-corrected chi connectivity index (χ2v) is 7.91. The van der Waals surface area contributed by atoms with Crippen molar-refractivity contribution < 1.29 is 13.2 Å². The number of halogens is 1. The molecular formula is C15H22ClN3O3S. The summed E-state index contributed by atoms with van der Waals surface area (Å²) in [7, 11) is -3.55. The van der Waals surface area contributed by atoms with E-state index in [1.54, 1.807) is 17.0 Å². The van der Waals surface area contributed by atoms with Gasteiger partial charge in [-0.1, -0.05) is 6.07 Å². The minimum absolute atomic E-state index is 0. The number of sulfonamides is 1. The third-order valence-electron chi connectivity index (χ3n) is 4.39. The molecular weight excluding hydrogens is 338 g/mol. The molecule has 1 fully saturated rings. The van der Waals surface area contributed by atoms with Gasteiger partial charge in [-0.05, 0) is 37.0 Å². The highest BCUT2D eigenvalue weighted by Crippen LogP contribution is 2.32. The lowest BCUT2D eigenvalue weighted by atomic mass is 10.1. The van der Waals surface area contributed by atoms with Gasteiger partial charge < -0.3 is 10.6 Å². The number of hydrogen-bond donors (Lipinski definition) is 1. The Morgan fingerprint density at radius 2 is 2.04 bits per heavy atom. The van der Waals surface area contributed by atoms with Gasteiger partial charge in [0.05, 0.1) is 4.90 Å². The summed E-state index contributed by atoms with van der Waals surface area (Å²) >= 11 is 0. The summed E-state index contributed by atoms with van der Waals surface area (Å²) in [5.74, 6) is -0.0618. The maximum absolute atomic E-state index is 12.8. The third kappa shape index (κ3) is 3.38. The molecule has 1 aromatic carbocycles. The number of benzene rings is 1. The van der Waals surface area contributed by atoms with Crippen molar-refractivity contribution in [3.05, 3.63) is 23.8 Å². The van der Waals surface area contributed by atoms with E-state index < -0.39 is 10.0 Å². The van der Waals surface area contributed by atoms with Crippen molar-refractivity contribution in [2.75, 3.05) is 24.5 Å². The molecule has 2 N–H and O–H groups in total. The molecule has 23 heavy (non-hydrogen) atoms. The zero-order valence-corrected chi connectivity index (χ0v) is 14.7. The molecule has 6 nitrogen and oxygen atoms in total. The highest BCUT2D eigenvalue weighted by molar-refractivity contribution is 7.89. The Morgan fingerprint density at radius 1 is 1.30 bits per heavy atom. The van der Waals surface area contributed by atoms with Gasteiger partial charge in [-0.25, -0.2) is 8.42 Å². The van der Waals surface area contributed by atoms with Crippen LogP contribution in [0.3, 0.4) is 0 Å². The summed E-state index contributed by atoms with van der Waals surface area (Å²) in [6.07, 6.45) is 2.41. The first-order chi connectivity index (χ1) is 10.4. The van der Waals surface area contributed by atoms with Gasteiger partial charge in [-0.15, -0.1) is 12.4 Å². The molecule has 1 unspecified atom stereocenters. The normalized spacial score (nSPS) is 21.7. The van der Waals surface area contributed by atoms with Crippen LogP contribution in [-0.2, 0) is 21.2 Å². The Morgan fingerprint density at radius 3 is 2.70 bits per heavy atom. The molecule has 0 saturated carbocycles. The minimum atomic E-state index is -3.55. The van der Waals surface area contributed by atoms with Crippen LogP contribution >= 0.6 is 12.4 Å². The standard InChI is InChI=1S/C15H21N3O3S.ClH/c1-11(19)18-8-6-12-4-5-14(9-15(12)18)22(20,21)17-7-2-3-13(16)10-17;/h4-5,9,13H,2-3,6-8,10,16H2,1H3;1H. The van der Waals surface area contributed by atoms with Gasteiger partial charge >= 0.3 is 0 Å². The highest BCUT2D eigenvalue weighted by Gasteiger charge is 2.31. The molecule has 2 heterocycles. The lowest BCUT2D eigenvalue weighted by Crippen LogP contribution is -2.45. The van der Waals surface area contributed by atoms with Gasteiger partial charge in [0.2, 0.25) is 15.9 Å². The van der Waals surface area contributed by atoms with Gasteiger partial charge in [0.1, 0.15) is 0 Å². The maximum Gasteiger partial charge on any atom is 0.243 e. The predicted octanol–water partition coefficient (Wildman–Crippen LogP) is 1.13. The summed E-state index contributed by atoms with van der Waals surface area (Å²) in [5, 5.41) is 0. The number of fused-ring (bicyclic) bond motifs is 1. The summed E-state index contributed by atoms with van der Waals surface area (Å²) in [6.45, 7) is 2.97. The number of amides is 1. The van der Waals surface area contributed by atoms with Crippen LogP contribution in [0.5, 0.6) is 0 Å². The summed E-state index contributed by atoms with van der Waals surface area (Å²) in [4.78, 5) is 13.5. The van der Waals surface area contributed by atoms with Crippen LogP contribution in [-0.4, -0.2) is 44.3 Å². The molecule has 0 spiro atoms. The Kier molecular flexibility index (Phi) is 5.35. The van der Waals surface area contributed by atoms with E-state index in [9.17, 15) is 13.2 Å². The smallest absolute Gasteiger partial charge is 0.243 e. The van der Waals surface area contributed by atoms with Gasteiger partial charge in [-0.2, -0.15) is 4.31 Å². The average molecular weight is 360 g/mol.